The zero-order valence-electron chi connectivity index (χ0n) is 16.0. The molecule has 9 heteroatoms. The zero-order valence-corrected chi connectivity index (χ0v) is 16.8. The molecule has 3 aromatic rings. The van der Waals surface area contributed by atoms with E-state index in [0.717, 1.165) is 48.7 Å². The number of hydrogen-bond acceptors (Lipinski definition) is 7. The lowest BCUT2D eigenvalue weighted by molar-refractivity contribution is -0.117. The van der Waals surface area contributed by atoms with Crippen molar-refractivity contribution in [1.29, 1.82) is 0 Å². The standard InChI is InChI=1S/C19H23N7OS/c1-24-18-16(11-22-24)19(21-13-20-18)26-9-7-25(8-10-26)12-17(27)23-14-3-5-15(28-2)6-4-14/h3-6,11,13H,7-10,12H2,1-2H3,(H,23,27). The molecule has 8 nitrogen and oxygen atoms in total. The highest BCUT2D eigenvalue weighted by Crippen LogP contribution is 2.23. The van der Waals surface area contributed by atoms with Crippen LogP contribution >= 0.6 is 11.8 Å². The first-order valence-electron chi connectivity index (χ1n) is 9.18. The molecule has 1 fully saturated rings. The van der Waals surface area contributed by atoms with Crippen molar-refractivity contribution < 1.29 is 4.79 Å². The lowest BCUT2D eigenvalue weighted by Gasteiger charge is -2.35. The van der Waals surface area contributed by atoms with Crippen LogP contribution in [0.2, 0.25) is 0 Å². The highest BCUT2D eigenvalue weighted by atomic mass is 32.2. The molecule has 0 spiro atoms. The number of carbonyl (C=O) groups excluding carboxylic acids is 1. The summed E-state index contributed by atoms with van der Waals surface area (Å²) in [5.74, 6) is 0.929. The van der Waals surface area contributed by atoms with Crippen molar-refractivity contribution in [2.75, 3.05) is 49.2 Å². The van der Waals surface area contributed by atoms with Crippen molar-refractivity contribution in [3.8, 4) is 0 Å². The molecular formula is C19H23N7OS. The summed E-state index contributed by atoms with van der Waals surface area (Å²) in [4.78, 5) is 26.7. The van der Waals surface area contributed by atoms with Gasteiger partial charge in [-0.2, -0.15) is 5.10 Å². The zero-order chi connectivity index (χ0) is 19.5. The number of nitrogens with one attached hydrogen (secondary N) is 1. The third-order valence-electron chi connectivity index (χ3n) is 4.92. The van der Waals surface area contributed by atoms with Gasteiger partial charge in [0.1, 0.15) is 12.1 Å². The minimum absolute atomic E-state index is 0.0158. The van der Waals surface area contributed by atoms with E-state index in [1.807, 2.05) is 43.8 Å². The summed E-state index contributed by atoms with van der Waals surface area (Å²) in [6, 6.07) is 7.91. The van der Waals surface area contributed by atoms with Crippen LogP contribution < -0.4 is 10.2 Å². The van der Waals surface area contributed by atoms with Crippen molar-refractivity contribution in [3.05, 3.63) is 36.8 Å². The van der Waals surface area contributed by atoms with Gasteiger partial charge in [-0.1, -0.05) is 0 Å². The maximum Gasteiger partial charge on any atom is 0.238 e. The molecule has 1 saturated heterocycles. The van der Waals surface area contributed by atoms with Gasteiger partial charge in [0.2, 0.25) is 5.91 Å². The van der Waals surface area contributed by atoms with Gasteiger partial charge in [-0.3, -0.25) is 14.4 Å². The van der Waals surface area contributed by atoms with Crippen LogP contribution in [0.4, 0.5) is 11.5 Å². The van der Waals surface area contributed by atoms with Gasteiger partial charge in [-0.15, -0.1) is 11.8 Å². The number of thioether (sulfide) groups is 1. The third-order valence-corrected chi connectivity index (χ3v) is 5.66. The Kier molecular flexibility index (Phi) is 5.45. The quantitative estimate of drug-likeness (QED) is 0.658. The average molecular weight is 398 g/mol. The molecule has 1 aliphatic rings. The van der Waals surface area contributed by atoms with Crippen molar-refractivity contribution in [1.82, 2.24) is 24.6 Å². The van der Waals surface area contributed by atoms with E-state index in [2.05, 4.69) is 30.2 Å². The Hall–Kier alpha value is -2.65. The van der Waals surface area contributed by atoms with Crippen LogP contribution in [0, 0.1) is 0 Å². The number of carbonyl (C=O) groups is 1. The lowest BCUT2D eigenvalue weighted by Crippen LogP contribution is -2.49. The minimum Gasteiger partial charge on any atom is -0.353 e. The van der Waals surface area contributed by atoms with E-state index in [4.69, 9.17) is 0 Å². The van der Waals surface area contributed by atoms with Crippen LogP contribution in [-0.4, -0.2) is 69.5 Å². The first-order chi connectivity index (χ1) is 13.6. The van der Waals surface area contributed by atoms with Gasteiger partial charge in [-0.05, 0) is 30.5 Å². The summed E-state index contributed by atoms with van der Waals surface area (Å²) in [7, 11) is 1.88. The Labute approximate surface area is 167 Å². The second-order valence-corrected chi connectivity index (χ2v) is 7.62. The van der Waals surface area contributed by atoms with E-state index in [9.17, 15) is 4.79 Å². The molecule has 3 heterocycles. The van der Waals surface area contributed by atoms with Gasteiger partial charge >= 0.3 is 0 Å². The van der Waals surface area contributed by atoms with E-state index < -0.39 is 0 Å². The monoisotopic (exact) mass is 397 g/mol. The third kappa shape index (κ3) is 3.95. The molecule has 0 atom stereocenters. The molecule has 0 aliphatic carbocycles. The van der Waals surface area contributed by atoms with Crippen LogP contribution in [0.3, 0.4) is 0 Å². The van der Waals surface area contributed by atoms with E-state index >= 15 is 0 Å². The van der Waals surface area contributed by atoms with Crippen LogP contribution in [0.1, 0.15) is 0 Å². The number of benzene rings is 1. The fourth-order valence-corrected chi connectivity index (χ4v) is 3.81. The summed E-state index contributed by atoms with van der Waals surface area (Å²) in [6.07, 6.45) is 5.43. The number of amides is 1. The SMILES string of the molecule is CSc1ccc(NC(=O)CN2CCN(c3ncnc4c3cnn4C)CC2)cc1. The van der Waals surface area contributed by atoms with Crippen LogP contribution in [0.15, 0.2) is 41.7 Å². The second kappa shape index (κ2) is 8.15. The molecule has 4 rings (SSSR count). The molecule has 1 amide bonds. The van der Waals surface area contributed by atoms with Gasteiger partial charge in [0.25, 0.3) is 0 Å². The second-order valence-electron chi connectivity index (χ2n) is 6.74. The van der Waals surface area contributed by atoms with E-state index in [1.165, 1.54) is 4.90 Å². The van der Waals surface area contributed by atoms with Crippen molar-refractivity contribution >= 4 is 40.2 Å². The first kappa shape index (κ1) is 18.7. The Morgan fingerprint density at radius 1 is 1.14 bits per heavy atom. The number of anilines is 2. The van der Waals surface area contributed by atoms with E-state index in [-0.39, 0.29) is 5.91 Å². The van der Waals surface area contributed by atoms with Crippen LogP contribution in [0.25, 0.3) is 11.0 Å². The molecule has 2 aromatic heterocycles. The van der Waals surface area contributed by atoms with E-state index in [1.54, 1.807) is 22.8 Å². The summed E-state index contributed by atoms with van der Waals surface area (Å²) < 4.78 is 1.76. The Bertz CT molecular complexity index is 964. The largest absolute Gasteiger partial charge is 0.353 e. The molecule has 1 aromatic carbocycles. The molecule has 0 saturated carbocycles. The smallest absolute Gasteiger partial charge is 0.238 e. The number of hydrogen-bond donors (Lipinski definition) is 1. The summed E-state index contributed by atoms with van der Waals surface area (Å²) in [6.45, 7) is 3.65. The lowest BCUT2D eigenvalue weighted by atomic mass is 10.2. The molecule has 28 heavy (non-hydrogen) atoms. The normalized spacial score (nSPS) is 15.1. The Morgan fingerprint density at radius 3 is 2.61 bits per heavy atom. The number of aromatic nitrogens is 4. The molecule has 0 unspecified atom stereocenters. The summed E-state index contributed by atoms with van der Waals surface area (Å²) in [5.41, 5.74) is 1.67. The van der Waals surface area contributed by atoms with Gasteiger partial charge in [0.15, 0.2) is 5.65 Å². The van der Waals surface area contributed by atoms with Gasteiger partial charge in [0, 0.05) is 43.8 Å². The molecule has 1 aliphatic heterocycles. The average Bonchev–Trinajstić information content (AvgIpc) is 3.10. The molecule has 0 bridgehead atoms. The fraction of sp³-hybridized carbons (Fsp3) is 0.368. The van der Waals surface area contributed by atoms with Crippen molar-refractivity contribution in [2.24, 2.45) is 7.05 Å². The van der Waals surface area contributed by atoms with Crippen LogP contribution in [0.5, 0.6) is 0 Å². The summed E-state index contributed by atoms with van der Waals surface area (Å²) >= 11 is 1.69. The predicted molar refractivity (Wildman–Crippen MR) is 112 cm³/mol. The Morgan fingerprint density at radius 2 is 1.89 bits per heavy atom. The highest BCUT2D eigenvalue weighted by Gasteiger charge is 2.22. The molecule has 1 N–H and O–H groups in total. The van der Waals surface area contributed by atoms with Crippen molar-refractivity contribution in [3.63, 3.8) is 0 Å². The maximum atomic E-state index is 12.4. The number of fused-ring (bicyclic) bond motifs is 1. The predicted octanol–water partition coefficient (Wildman–Crippen LogP) is 1.85. The van der Waals surface area contributed by atoms with Crippen molar-refractivity contribution in [2.45, 2.75) is 4.90 Å². The van der Waals surface area contributed by atoms with Crippen LogP contribution in [-0.2, 0) is 11.8 Å². The first-order valence-corrected chi connectivity index (χ1v) is 10.4. The molecular weight excluding hydrogens is 374 g/mol. The van der Waals surface area contributed by atoms with E-state index in [0.29, 0.717) is 6.54 Å². The fourth-order valence-electron chi connectivity index (χ4n) is 3.40. The molecule has 0 radical (unpaired) electrons. The summed E-state index contributed by atoms with van der Waals surface area (Å²) in [5, 5.41) is 8.22. The number of nitrogens with zero attached hydrogens (tertiary/aromatic N) is 6. The minimum atomic E-state index is 0.0158. The topological polar surface area (TPSA) is 79.2 Å². The maximum absolute atomic E-state index is 12.4. The number of piperazine rings is 1. The Balaban J connectivity index is 1.33. The highest BCUT2D eigenvalue weighted by molar-refractivity contribution is 7.98. The number of aryl methyl sites for hydroxylation is 1. The van der Waals surface area contributed by atoms with Gasteiger partial charge in [0.05, 0.1) is 18.1 Å². The van der Waals surface area contributed by atoms with Gasteiger partial charge in [-0.25, -0.2) is 9.97 Å². The van der Waals surface area contributed by atoms with Gasteiger partial charge < -0.3 is 10.2 Å². The molecule has 146 valence electrons. The number of rotatable bonds is 5.